The van der Waals surface area contributed by atoms with Crippen LogP contribution in [0.25, 0.3) is 0 Å². The van der Waals surface area contributed by atoms with Crippen molar-refractivity contribution in [1.29, 1.82) is 0 Å². The SMILES string of the molecule is Cc1cc2c(s1)C1(CCCC1)CNC2=O. The van der Waals surface area contributed by atoms with Gasteiger partial charge in [-0.3, -0.25) is 4.79 Å². The summed E-state index contributed by atoms with van der Waals surface area (Å²) in [5.41, 5.74) is 1.24. The fourth-order valence-corrected chi connectivity index (χ4v) is 4.21. The van der Waals surface area contributed by atoms with Crippen molar-refractivity contribution in [2.75, 3.05) is 6.54 Å². The number of carbonyl (C=O) groups is 1. The van der Waals surface area contributed by atoms with E-state index in [0.29, 0.717) is 5.41 Å². The van der Waals surface area contributed by atoms with Gasteiger partial charge in [0.25, 0.3) is 5.91 Å². The Hall–Kier alpha value is -0.830. The molecule has 0 radical (unpaired) electrons. The number of hydrogen-bond donors (Lipinski definition) is 1. The lowest BCUT2D eigenvalue weighted by Gasteiger charge is -2.33. The van der Waals surface area contributed by atoms with Gasteiger partial charge in [0, 0.05) is 21.7 Å². The maximum Gasteiger partial charge on any atom is 0.252 e. The highest BCUT2D eigenvalue weighted by molar-refractivity contribution is 7.12. The van der Waals surface area contributed by atoms with Crippen LogP contribution in [0.1, 0.15) is 45.8 Å². The van der Waals surface area contributed by atoms with Crippen molar-refractivity contribution in [3.63, 3.8) is 0 Å². The highest BCUT2D eigenvalue weighted by Crippen LogP contribution is 2.46. The Balaban J connectivity index is 2.15. The van der Waals surface area contributed by atoms with Gasteiger partial charge in [-0.25, -0.2) is 0 Å². The van der Waals surface area contributed by atoms with E-state index in [1.165, 1.54) is 35.4 Å². The number of hydrogen-bond acceptors (Lipinski definition) is 2. The summed E-state index contributed by atoms with van der Waals surface area (Å²) in [6.07, 6.45) is 5.12. The molecule has 1 aliphatic carbocycles. The van der Waals surface area contributed by atoms with Crippen LogP contribution in [0.3, 0.4) is 0 Å². The molecule has 3 heteroatoms. The number of aryl methyl sites for hydroxylation is 1. The Morgan fingerprint density at radius 3 is 2.87 bits per heavy atom. The molecule has 0 unspecified atom stereocenters. The summed E-state index contributed by atoms with van der Waals surface area (Å²) < 4.78 is 0. The largest absolute Gasteiger partial charge is 0.351 e. The van der Waals surface area contributed by atoms with E-state index in [9.17, 15) is 4.79 Å². The van der Waals surface area contributed by atoms with E-state index >= 15 is 0 Å². The number of carbonyl (C=O) groups excluding carboxylic acids is 1. The Kier molecular flexibility index (Phi) is 1.93. The van der Waals surface area contributed by atoms with Gasteiger partial charge >= 0.3 is 0 Å². The first-order chi connectivity index (χ1) is 7.21. The van der Waals surface area contributed by atoms with Crippen LogP contribution in [0.2, 0.25) is 0 Å². The molecule has 1 aliphatic heterocycles. The summed E-state index contributed by atoms with van der Waals surface area (Å²) in [6, 6.07) is 2.05. The van der Waals surface area contributed by atoms with Crippen LogP contribution >= 0.6 is 11.3 Å². The molecule has 3 rings (SSSR count). The van der Waals surface area contributed by atoms with Gasteiger partial charge in [0.15, 0.2) is 0 Å². The van der Waals surface area contributed by atoms with E-state index in [-0.39, 0.29) is 5.91 Å². The molecule has 1 aromatic heterocycles. The number of amides is 1. The normalized spacial score (nSPS) is 22.9. The molecular weight excluding hydrogens is 206 g/mol. The average molecular weight is 221 g/mol. The lowest BCUT2D eigenvalue weighted by atomic mass is 9.80. The van der Waals surface area contributed by atoms with Gasteiger partial charge in [-0.1, -0.05) is 12.8 Å². The molecule has 0 saturated heterocycles. The molecule has 80 valence electrons. The van der Waals surface area contributed by atoms with Crippen molar-refractivity contribution in [2.45, 2.75) is 38.0 Å². The van der Waals surface area contributed by atoms with E-state index < -0.39 is 0 Å². The minimum absolute atomic E-state index is 0.131. The van der Waals surface area contributed by atoms with E-state index in [2.05, 4.69) is 18.3 Å². The van der Waals surface area contributed by atoms with Crippen LogP contribution in [-0.4, -0.2) is 12.5 Å². The van der Waals surface area contributed by atoms with Gasteiger partial charge in [-0.15, -0.1) is 11.3 Å². The fourth-order valence-electron chi connectivity index (χ4n) is 2.96. The second-order valence-electron chi connectivity index (χ2n) is 4.77. The van der Waals surface area contributed by atoms with Crippen LogP contribution in [0, 0.1) is 6.92 Å². The standard InChI is InChI=1S/C12H15NOS/c1-8-6-9-10(15-8)12(4-2-3-5-12)7-13-11(9)14/h6H,2-5,7H2,1H3,(H,13,14). The van der Waals surface area contributed by atoms with Crippen molar-refractivity contribution in [1.82, 2.24) is 5.32 Å². The Labute approximate surface area is 93.7 Å². The third kappa shape index (κ3) is 1.26. The fraction of sp³-hybridized carbons (Fsp3) is 0.583. The predicted molar refractivity (Wildman–Crippen MR) is 61.5 cm³/mol. The molecule has 1 fully saturated rings. The number of thiophene rings is 1. The molecule has 1 N–H and O–H groups in total. The first-order valence-corrected chi connectivity index (χ1v) is 6.42. The molecule has 0 atom stereocenters. The van der Waals surface area contributed by atoms with Crippen LogP contribution in [-0.2, 0) is 5.41 Å². The molecule has 2 heterocycles. The van der Waals surface area contributed by atoms with E-state index in [0.717, 1.165) is 12.1 Å². The monoisotopic (exact) mass is 221 g/mol. The van der Waals surface area contributed by atoms with Gasteiger partial charge < -0.3 is 5.32 Å². The maximum atomic E-state index is 11.7. The third-order valence-electron chi connectivity index (χ3n) is 3.73. The van der Waals surface area contributed by atoms with Gasteiger partial charge in [0.1, 0.15) is 0 Å². The molecular formula is C12H15NOS. The predicted octanol–water partition coefficient (Wildman–Crippen LogP) is 2.61. The van der Waals surface area contributed by atoms with E-state index in [4.69, 9.17) is 0 Å². The maximum absolute atomic E-state index is 11.7. The molecule has 2 aliphatic rings. The molecule has 1 saturated carbocycles. The first-order valence-electron chi connectivity index (χ1n) is 5.60. The van der Waals surface area contributed by atoms with Crippen molar-refractivity contribution < 1.29 is 4.79 Å². The zero-order valence-electron chi connectivity index (χ0n) is 8.93. The first kappa shape index (κ1) is 9.40. The summed E-state index contributed by atoms with van der Waals surface area (Å²) in [7, 11) is 0. The summed E-state index contributed by atoms with van der Waals surface area (Å²) in [5.74, 6) is 0.131. The van der Waals surface area contributed by atoms with Gasteiger partial charge in [0.05, 0.1) is 5.56 Å². The number of fused-ring (bicyclic) bond motifs is 2. The van der Waals surface area contributed by atoms with Crippen molar-refractivity contribution >= 4 is 17.2 Å². The van der Waals surface area contributed by atoms with Crippen LogP contribution < -0.4 is 5.32 Å². The zero-order chi connectivity index (χ0) is 10.5. The smallest absolute Gasteiger partial charge is 0.252 e. The quantitative estimate of drug-likeness (QED) is 0.717. The average Bonchev–Trinajstić information content (AvgIpc) is 2.80. The Morgan fingerprint density at radius 1 is 1.40 bits per heavy atom. The Bertz CT molecular complexity index is 415. The summed E-state index contributed by atoms with van der Waals surface area (Å²) in [5, 5.41) is 3.05. The summed E-state index contributed by atoms with van der Waals surface area (Å²) in [6.45, 7) is 2.96. The highest BCUT2D eigenvalue weighted by Gasteiger charge is 2.42. The van der Waals surface area contributed by atoms with Gasteiger partial charge in [-0.2, -0.15) is 0 Å². The van der Waals surface area contributed by atoms with Gasteiger partial charge in [-0.05, 0) is 25.8 Å². The van der Waals surface area contributed by atoms with Crippen LogP contribution in [0.15, 0.2) is 6.07 Å². The van der Waals surface area contributed by atoms with Crippen LogP contribution in [0.4, 0.5) is 0 Å². The summed E-state index contributed by atoms with van der Waals surface area (Å²) >= 11 is 1.83. The molecule has 1 amide bonds. The number of rotatable bonds is 0. The number of nitrogens with one attached hydrogen (secondary N) is 1. The lowest BCUT2D eigenvalue weighted by Crippen LogP contribution is -2.44. The van der Waals surface area contributed by atoms with Gasteiger partial charge in [0.2, 0.25) is 0 Å². The second kappa shape index (κ2) is 3.08. The minimum Gasteiger partial charge on any atom is -0.351 e. The molecule has 0 aromatic carbocycles. The molecule has 1 aromatic rings. The molecule has 2 nitrogen and oxygen atoms in total. The Morgan fingerprint density at radius 2 is 2.13 bits per heavy atom. The van der Waals surface area contributed by atoms with Crippen molar-refractivity contribution in [3.05, 3.63) is 21.4 Å². The van der Waals surface area contributed by atoms with Crippen molar-refractivity contribution in [3.8, 4) is 0 Å². The van der Waals surface area contributed by atoms with E-state index in [1.54, 1.807) is 0 Å². The highest BCUT2D eigenvalue weighted by atomic mass is 32.1. The topological polar surface area (TPSA) is 29.1 Å². The molecule has 1 spiro atoms. The van der Waals surface area contributed by atoms with E-state index in [1.807, 2.05) is 11.3 Å². The summed E-state index contributed by atoms with van der Waals surface area (Å²) in [4.78, 5) is 14.4. The lowest BCUT2D eigenvalue weighted by molar-refractivity contribution is 0.0927. The van der Waals surface area contributed by atoms with Crippen molar-refractivity contribution in [2.24, 2.45) is 0 Å². The minimum atomic E-state index is 0.131. The van der Waals surface area contributed by atoms with Crippen LogP contribution in [0.5, 0.6) is 0 Å². The second-order valence-corrected chi connectivity index (χ2v) is 6.03. The molecule has 0 bridgehead atoms. The third-order valence-corrected chi connectivity index (χ3v) is 5.03. The zero-order valence-corrected chi connectivity index (χ0v) is 9.75. The molecule has 15 heavy (non-hydrogen) atoms.